The van der Waals surface area contributed by atoms with Crippen LogP contribution in [0.5, 0.6) is 5.75 Å². The first-order chi connectivity index (χ1) is 9.10. The predicted molar refractivity (Wildman–Crippen MR) is 83.9 cm³/mol. The molecule has 2 rings (SSSR count). The van der Waals surface area contributed by atoms with Crippen molar-refractivity contribution in [3.8, 4) is 5.75 Å². The Morgan fingerprint density at radius 1 is 1.11 bits per heavy atom. The summed E-state index contributed by atoms with van der Waals surface area (Å²) in [5.41, 5.74) is 4.83. The zero-order valence-electron chi connectivity index (χ0n) is 11.5. The van der Waals surface area contributed by atoms with E-state index in [4.69, 9.17) is 4.74 Å². The molecule has 0 saturated carbocycles. The molecule has 0 aliphatic rings. The van der Waals surface area contributed by atoms with Gasteiger partial charge in [-0.3, -0.25) is 0 Å². The molecule has 0 heterocycles. The molecule has 0 atom stereocenters. The lowest BCUT2D eigenvalue weighted by atomic mass is 10.1. The second-order valence-electron chi connectivity index (χ2n) is 4.63. The number of methoxy groups -OCH3 is 1. The number of anilines is 1. The fourth-order valence-electron chi connectivity index (χ4n) is 2.03. The third-order valence-corrected chi connectivity index (χ3v) is 4.32. The lowest BCUT2D eigenvalue weighted by molar-refractivity contribution is 0.414. The number of hydrogen-bond acceptors (Lipinski definition) is 2. The maximum atomic E-state index is 5.23. The summed E-state index contributed by atoms with van der Waals surface area (Å²) in [5, 5.41) is 3.44. The minimum absolute atomic E-state index is 0.789. The average Bonchev–Trinajstić information content (AvgIpc) is 2.42. The van der Waals surface area contributed by atoms with Gasteiger partial charge < -0.3 is 10.1 Å². The van der Waals surface area contributed by atoms with Crippen molar-refractivity contribution in [1.29, 1.82) is 0 Å². The molecule has 0 unspecified atom stereocenters. The lowest BCUT2D eigenvalue weighted by Crippen LogP contribution is -2.00. The summed E-state index contributed by atoms with van der Waals surface area (Å²) in [6.45, 7) is 5.00. The van der Waals surface area contributed by atoms with Crippen molar-refractivity contribution in [3.63, 3.8) is 0 Å². The van der Waals surface area contributed by atoms with Crippen LogP contribution >= 0.6 is 15.9 Å². The van der Waals surface area contributed by atoms with Crippen LogP contribution in [-0.2, 0) is 6.54 Å². The first kappa shape index (κ1) is 13.9. The van der Waals surface area contributed by atoms with Crippen molar-refractivity contribution < 1.29 is 4.74 Å². The largest absolute Gasteiger partial charge is 0.497 e. The van der Waals surface area contributed by atoms with Gasteiger partial charge in [-0.25, -0.2) is 0 Å². The van der Waals surface area contributed by atoms with Crippen molar-refractivity contribution in [2.75, 3.05) is 12.4 Å². The van der Waals surface area contributed by atoms with Gasteiger partial charge in [-0.1, -0.05) is 28.1 Å². The standard InChI is InChI=1S/C16H18BrNO/c1-11-7-14(8-12(2)16(11)17)18-10-13-5-4-6-15(9-13)19-3/h4-9,18H,10H2,1-3H3. The maximum Gasteiger partial charge on any atom is 0.119 e. The molecule has 0 radical (unpaired) electrons. The Balaban J connectivity index is 2.10. The molecule has 0 fully saturated rings. The van der Waals surface area contributed by atoms with Crippen molar-refractivity contribution in [2.45, 2.75) is 20.4 Å². The third kappa shape index (κ3) is 3.51. The molecule has 100 valence electrons. The monoisotopic (exact) mass is 319 g/mol. The van der Waals surface area contributed by atoms with Crippen molar-refractivity contribution in [3.05, 3.63) is 57.6 Å². The van der Waals surface area contributed by atoms with E-state index < -0.39 is 0 Å². The number of halogens is 1. The average molecular weight is 320 g/mol. The summed E-state index contributed by atoms with van der Waals surface area (Å²) in [6.07, 6.45) is 0. The molecule has 19 heavy (non-hydrogen) atoms. The quantitative estimate of drug-likeness (QED) is 0.883. The van der Waals surface area contributed by atoms with Gasteiger partial charge in [0.1, 0.15) is 5.75 Å². The normalized spacial score (nSPS) is 10.3. The molecule has 0 bridgehead atoms. The van der Waals surface area contributed by atoms with Gasteiger partial charge in [0.25, 0.3) is 0 Å². The highest BCUT2D eigenvalue weighted by molar-refractivity contribution is 9.10. The highest BCUT2D eigenvalue weighted by Crippen LogP contribution is 2.25. The first-order valence-corrected chi connectivity index (χ1v) is 7.03. The van der Waals surface area contributed by atoms with Crippen LogP contribution in [0.25, 0.3) is 0 Å². The zero-order chi connectivity index (χ0) is 13.8. The Bertz CT molecular complexity index is 558. The molecule has 0 aliphatic carbocycles. The number of ether oxygens (including phenoxy) is 1. The topological polar surface area (TPSA) is 21.3 Å². The van der Waals surface area contributed by atoms with Crippen LogP contribution in [0.2, 0.25) is 0 Å². The van der Waals surface area contributed by atoms with Crippen LogP contribution in [0.15, 0.2) is 40.9 Å². The molecule has 1 N–H and O–H groups in total. The second kappa shape index (κ2) is 6.11. The molecule has 2 aromatic carbocycles. The van der Waals surface area contributed by atoms with E-state index in [1.54, 1.807) is 7.11 Å². The van der Waals surface area contributed by atoms with Crippen molar-refractivity contribution >= 4 is 21.6 Å². The molecule has 0 aliphatic heterocycles. The van der Waals surface area contributed by atoms with E-state index in [-0.39, 0.29) is 0 Å². The molecule has 0 spiro atoms. The predicted octanol–water partition coefficient (Wildman–Crippen LogP) is 4.69. The molecule has 0 saturated heterocycles. The maximum absolute atomic E-state index is 5.23. The third-order valence-electron chi connectivity index (χ3n) is 3.07. The Morgan fingerprint density at radius 3 is 2.42 bits per heavy atom. The van der Waals surface area contributed by atoms with E-state index in [9.17, 15) is 0 Å². The van der Waals surface area contributed by atoms with Crippen LogP contribution in [0.1, 0.15) is 16.7 Å². The molecule has 3 heteroatoms. The molecule has 2 nitrogen and oxygen atoms in total. The van der Waals surface area contributed by atoms with Gasteiger partial charge in [0.2, 0.25) is 0 Å². The summed E-state index contributed by atoms with van der Waals surface area (Å²) >= 11 is 3.58. The zero-order valence-corrected chi connectivity index (χ0v) is 13.0. The van der Waals surface area contributed by atoms with Gasteiger partial charge in [-0.15, -0.1) is 0 Å². The van der Waals surface area contributed by atoms with E-state index in [0.29, 0.717) is 0 Å². The van der Waals surface area contributed by atoms with Gasteiger partial charge in [-0.2, -0.15) is 0 Å². The van der Waals surface area contributed by atoms with Gasteiger partial charge in [0.15, 0.2) is 0 Å². The number of aryl methyl sites for hydroxylation is 2. The highest BCUT2D eigenvalue weighted by Gasteiger charge is 2.02. The lowest BCUT2D eigenvalue weighted by Gasteiger charge is -2.11. The minimum Gasteiger partial charge on any atom is -0.497 e. The summed E-state index contributed by atoms with van der Waals surface area (Å²) < 4.78 is 6.41. The number of hydrogen-bond donors (Lipinski definition) is 1. The summed E-state index contributed by atoms with van der Waals surface area (Å²) in [6, 6.07) is 12.4. The van der Waals surface area contributed by atoms with Crippen LogP contribution < -0.4 is 10.1 Å². The number of rotatable bonds is 4. The van der Waals surface area contributed by atoms with Crippen LogP contribution in [0, 0.1) is 13.8 Å². The van der Waals surface area contributed by atoms with Gasteiger partial charge in [0.05, 0.1) is 7.11 Å². The van der Waals surface area contributed by atoms with Crippen LogP contribution in [0.4, 0.5) is 5.69 Å². The van der Waals surface area contributed by atoms with Gasteiger partial charge in [0, 0.05) is 16.7 Å². The van der Waals surface area contributed by atoms with Crippen molar-refractivity contribution in [1.82, 2.24) is 0 Å². The SMILES string of the molecule is COc1cccc(CNc2cc(C)c(Br)c(C)c2)c1. The Hall–Kier alpha value is -1.48. The molecular weight excluding hydrogens is 302 g/mol. The highest BCUT2D eigenvalue weighted by atomic mass is 79.9. The second-order valence-corrected chi connectivity index (χ2v) is 5.42. The smallest absolute Gasteiger partial charge is 0.119 e. The Kier molecular flexibility index (Phi) is 4.48. The summed E-state index contributed by atoms with van der Waals surface area (Å²) in [7, 11) is 1.69. The molecule has 0 aromatic heterocycles. The fraction of sp³-hybridized carbons (Fsp3) is 0.250. The first-order valence-electron chi connectivity index (χ1n) is 6.23. The number of benzene rings is 2. The molecule has 0 amide bonds. The van der Waals surface area contributed by atoms with E-state index in [1.165, 1.54) is 21.2 Å². The van der Waals surface area contributed by atoms with E-state index >= 15 is 0 Å². The van der Waals surface area contributed by atoms with Crippen LogP contribution in [0.3, 0.4) is 0 Å². The van der Waals surface area contributed by atoms with Crippen molar-refractivity contribution in [2.24, 2.45) is 0 Å². The Morgan fingerprint density at radius 2 is 1.79 bits per heavy atom. The van der Waals surface area contributed by atoms with E-state index in [1.807, 2.05) is 18.2 Å². The Labute approximate surface area is 122 Å². The van der Waals surface area contributed by atoms with E-state index in [0.717, 1.165) is 18.0 Å². The molecular formula is C16H18BrNO. The van der Waals surface area contributed by atoms with E-state index in [2.05, 4.69) is 53.3 Å². The van der Waals surface area contributed by atoms with Gasteiger partial charge in [-0.05, 0) is 54.8 Å². The number of nitrogens with one attached hydrogen (secondary N) is 1. The molecule has 2 aromatic rings. The van der Waals surface area contributed by atoms with Gasteiger partial charge >= 0.3 is 0 Å². The fourth-order valence-corrected chi connectivity index (χ4v) is 2.26. The van der Waals surface area contributed by atoms with Crippen LogP contribution in [-0.4, -0.2) is 7.11 Å². The summed E-state index contributed by atoms with van der Waals surface area (Å²) in [4.78, 5) is 0. The minimum atomic E-state index is 0.789. The summed E-state index contributed by atoms with van der Waals surface area (Å²) in [5.74, 6) is 0.891.